The number of carbonyl (C=O) groups excluding carboxylic acids is 4. The van der Waals surface area contributed by atoms with Crippen LogP contribution >= 0.6 is 0 Å². The van der Waals surface area contributed by atoms with Crippen molar-refractivity contribution in [2.75, 3.05) is 6.61 Å². The van der Waals surface area contributed by atoms with Gasteiger partial charge in [-0.05, 0) is 36.1 Å². The van der Waals surface area contributed by atoms with Gasteiger partial charge >= 0.3 is 11.9 Å². The van der Waals surface area contributed by atoms with Crippen molar-refractivity contribution < 1.29 is 58.2 Å². The number of fused-ring (bicyclic) bond motifs is 2. The first-order valence-electron chi connectivity index (χ1n) is 14.4. The van der Waals surface area contributed by atoms with Crippen LogP contribution < -0.4 is 0 Å². The first-order chi connectivity index (χ1) is 20.5. The van der Waals surface area contributed by atoms with Gasteiger partial charge < -0.3 is 39.1 Å². The lowest BCUT2D eigenvalue weighted by Crippen LogP contribution is -2.71. The zero-order chi connectivity index (χ0) is 32.6. The molecule has 12 nitrogen and oxygen atoms in total. The number of allylic oxidation sites excluding steroid dienone is 2. The number of rotatable bonds is 7. The van der Waals surface area contributed by atoms with E-state index in [1.165, 1.54) is 38.5 Å². The number of ether oxygens (including phenoxy) is 3. The molecule has 238 valence electrons. The number of ketones is 1. The van der Waals surface area contributed by atoms with Crippen molar-refractivity contribution in [3.8, 4) is 0 Å². The molecule has 44 heavy (non-hydrogen) atoms. The number of esters is 2. The molecule has 4 N–H and O–H groups in total. The summed E-state index contributed by atoms with van der Waals surface area (Å²) < 4.78 is 22.1. The summed E-state index contributed by atoms with van der Waals surface area (Å²) in [4.78, 5) is 52.5. The third kappa shape index (κ3) is 4.14. The third-order valence-electron chi connectivity index (χ3n) is 10.4. The van der Waals surface area contributed by atoms with Gasteiger partial charge in [0.05, 0.1) is 23.5 Å². The molecule has 3 aliphatic carbocycles. The van der Waals surface area contributed by atoms with Crippen molar-refractivity contribution in [2.45, 2.75) is 76.5 Å². The van der Waals surface area contributed by atoms with Crippen molar-refractivity contribution in [1.82, 2.24) is 0 Å². The predicted octanol–water partition coefficient (Wildman–Crippen LogP) is 2.04. The minimum absolute atomic E-state index is 0.0952. The van der Waals surface area contributed by atoms with Crippen LogP contribution in [-0.4, -0.2) is 80.7 Å². The average molecular weight is 615 g/mol. The van der Waals surface area contributed by atoms with E-state index in [1.807, 2.05) is 0 Å². The van der Waals surface area contributed by atoms with Gasteiger partial charge in [-0.1, -0.05) is 40.3 Å². The first kappa shape index (κ1) is 31.7. The second-order valence-electron chi connectivity index (χ2n) is 13.3. The van der Waals surface area contributed by atoms with E-state index in [0.29, 0.717) is 5.56 Å². The predicted molar refractivity (Wildman–Crippen MR) is 150 cm³/mol. The molecule has 0 spiro atoms. The van der Waals surface area contributed by atoms with Crippen molar-refractivity contribution in [2.24, 2.45) is 28.6 Å². The van der Waals surface area contributed by atoms with Crippen LogP contribution in [0.25, 0.3) is 0 Å². The molecule has 12 heteroatoms. The Morgan fingerprint density at radius 1 is 1.20 bits per heavy atom. The number of cyclic esters (lactones) is 1. The maximum atomic E-state index is 14.0. The number of aliphatic hydroxyl groups is 4. The van der Waals surface area contributed by atoms with E-state index < -0.39 is 94.1 Å². The van der Waals surface area contributed by atoms with Gasteiger partial charge in [0.1, 0.15) is 30.2 Å². The maximum Gasteiger partial charge on any atom is 0.338 e. The van der Waals surface area contributed by atoms with E-state index in [-0.39, 0.29) is 24.0 Å². The molecule has 1 aromatic rings. The quantitative estimate of drug-likeness (QED) is 0.152. The normalized spacial score (nSPS) is 40.8. The summed E-state index contributed by atoms with van der Waals surface area (Å²) in [5.74, 6) is -6.93. The van der Waals surface area contributed by atoms with Crippen LogP contribution in [0, 0.1) is 28.6 Å². The van der Waals surface area contributed by atoms with E-state index in [1.54, 1.807) is 26.8 Å². The largest absolute Gasteiger partial charge is 0.507 e. The highest BCUT2D eigenvalue weighted by atomic mass is 16.6. The highest BCUT2D eigenvalue weighted by Crippen LogP contribution is 2.68. The number of furan rings is 1. The summed E-state index contributed by atoms with van der Waals surface area (Å²) in [5.41, 5.74) is -7.21. The molecule has 10 atom stereocenters. The van der Waals surface area contributed by atoms with Crippen molar-refractivity contribution in [1.29, 1.82) is 0 Å². The van der Waals surface area contributed by atoms with Gasteiger partial charge in [0, 0.05) is 29.6 Å². The molecule has 2 heterocycles. The summed E-state index contributed by atoms with van der Waals surface area (Å²) in [5, 5.41) is 45.6. The van der Waals surface area contributed by atoms with Crippen LogP contribution in [0.1, 0.15) is 52.5 Å². The lowest BCUT2D eigenvalue weighted by Gasteiger charge is -2.61. The minimum Gasteiger partial charge on any atom is -0.507 e. The molecule has 0 radical (unpaired) electrons. The van der Waals surface area contributed by atoms with Gasteiger partial charge in [0.25, 0.3) is 6.47 Å². The molecule has 0 aromatic carbocycles. The Morgan fingerprint density at radius 2 is 1.89 bits per heavy atom. The zero-order valence-electron chi connectivity index (χ0n) is 25.2. The molecule has 1 saturated heterocycles. The van der Waals surface area contributed by atoms with E-state index >= 15 is 0 Å². The highest BCUT2D eigenvalue weighted by Gasteiger charge is 2.76. The molecular weight excluding hydrogens is 576 g/mol. The number of hydrogen-bond donors (Lipinski definition) is 4. The molecule has 1 aromatic heterocycles. The number of aliphatic hydroxyl groups excluding tert-OH is 2. The first-order valence-corrected chi connectivity index (χ1v) is 14.4. The van der Waals surface area contributed by atoms with Gasteiger partial charge in [-0.2, -0.15) is 0 Å². The molecular formula is C32H38O12. The Labute approximate surface area is 254 Å². The molecule has 5 rings (SSSR count). The standard InChI is InChI=1S/C32H38O12/c1-15(2)23(36)28(38)44-26-24(43-14-33)22(29(4)9-7-19(34)21-25(29)30(5,39)13-42-27(21)37)16(3)32(40)20(35)11-18(31(26,32)6)17-8-10-41-12-17/h7-10,12,14-15,18,22-26,34,36,39-40H,3,11,13H2,1-2,4-6H3/t18-,22+,23+,24+,25+,26-,29+,30+,31+,32+/m0/s1. The Bertz CT molecular complexity index is 1450. The van der Waals surface area contributed by atoms with E-state index in [0.717, 1.165) is 0 Å². The summed E-state index contributed by atoms with van der Waals surface area (Å²) in [6.07, 6.45) is 0.668. The van der Waals surface area contributed by atoms with Crippen LogP contribution in [0.3, 0.4) is 0 Å². The number of hydrogen-bond acceptors (Lipinski definition) is 12. The van der Waals surface area contributed by atoms with E-state index in [2.05, 4.69) is 6.58 Å². The summed E-state index contributed by atoms with van der Waals surface area (Å²) >= 11 is 0. The summed E-state index contributed by atoms with van der Waals surface area (Å²) in [7, 11) is 0. The maximum absolute atomic E-state index is 14.0. The second kappa shape index (κ2) is 10.4. The Morgan fingerprint density at radius 3 is 2.48 bits per heavy atom. The minimum atomic E-state index is -2.39. The molecule has 0 bridgehead atoms. The van der Waals surface area contributed by atoms with Gasteiger partial charge in [-0.15, -0.1) is 0 Å². The van der Waals surface area contributed by atoms with Crippen molar-refractivity contribution >= 4 is 24.2 Å². The monoisotopic (exact) mass is 614 g/mol. The van der Waals surface area contributed by atoms with E-state index in [9.17, 15) is 39.6 Å². The molecule has 1 aliphatic heterocycles. The fraction of sp³-hybridized carbons (Fsp3) is 0.562. The Balaban J connectivity index is 1.77. The van der Waals surface area contributed by atoms with Crippen molar-refractivity contribution in [3.63, 3.8) is 0 Å². The number of Topliss-reactive ketones (excluding diaryl/α,β-unsaturated/α-hetero) is 1. The second-order valence-corrected chi connectivity index (χ2v) is 13.3. The average Bonchev–Trinajstić information content (AvgIpc) is 3.56. The Kier molecular flexibility index (Phi) is 7.50. The summed E-state index contributed by atoms with van der Waals surface area (Å²) in [6.45, 7) is 11.6. The van der Waals surface area contributed by atoms with Crippen LogP contribution in [0.5, 0.6) is 0 Å². The lowest BCUT2D eigenvalue weighted by molar-refractivity contribution is -0.227. The van der Waals surface area contributed by atoms with Crippen LogP contribution in [0.4, 0.5) is 0 Å². The lowest BCUT2D eigenvalue weighted by atomic mass is 9.46. The van der Waals surface area contributed by atoms with Crippen molar-refractivity contribution in [3.05, 3.63) is 59.8 Å². The van der Waals surface area contributed by atoms with Crippen LogP contribution in [-0.2, 0) is 33.4 Å². The van der Waals surface area contributed by atoms with E-state index in [4.69, 9.17) is 18.6 Å². The van der Waals surface area contributed by atoms with Gasteiger partial charge in [-0.25, -0.2) is 9.59 Å². The molecule has 4 aliphatic rings. The third-order valence-corrected chi connectivity index (χ3v) is 10.4. The molecule has 0 unspecified atom stereocenters. The van der Waals surface area contributed by atoms with Crippen LogP contribution in [0.2, 0.25) is 0 Å². The smallest absolute Gasteiger partial charge is 0.338 e. The fourth-order valence-corrected chi connectivity index (χ4v) is 8.27. The van der Waals surface area contributed by atoms with Crippen LogP contribution in [0.15, 0.2) is 58.6 Å². The van der Waals surface area contributed by atoms with Gasteiger partial charge in [0.2, 0.25) is 0 Å². The summed E-state index contributed by atoms with van der Waals surface area (Å²) in [6, 6.07) is 1.61. The fourth-order valence-electron chi connectivity index (χ4n) is 8.27. The molecule has 2 saturated carbocycles. The molecule has 0 amide bonds. The highest BCUT2D eigenvalue weighted by molar-refractivity contribution is 5.96. The Hall–Kier alpha value is -3.74. The topological polar surface area (TPSA) is 190 Å². The van der Waals surface area contributed by atoms with Gasteiger partial charge in [-0.3, -0.25) is 9.59 Å². The molecule has 3 fully saturated rings. The number of carbonyl (C=O) groups is 4. The zero-order valence-corrected chi connectivity index (χ0v) is 25.2. The van der Waals surface area contributed by atoms with Gasteiger partial charge in [0.15, 0.2) is 17.5 Å². The SMILES string of the molecule is C=C1[C@@H]([C@@]2(C)C=CC(O)=C3C(=O)OC[C@@](C)(O)[C@H]32)[C@@H](OC=O)[C@H](OC(=O)[C@H](O)C(C)C)[C@@]2(C)[C@H](c3ccoc3)CC(=O)[C@]12O.